The van der Waals surface area contributed by atoms with Crippen LogP contribution in [0.5, 0.6) is 0 Å². The van der Waals surface area contributed by atoms with Crippen molar-refractivity contribution in [2.24, 2.45) is 0 Å². The van der Waals surface area contributed by atoms with E-state index in [1.807, 2.05) is 6.92 Å². The first kappa shape index (κ1) is 13.2. The van der Waals surface area contributed by atoms with Crippen LogP contribution < -0.4 is 11.1 Å². The van der Waals surface area contributed by atoms with E-state index >= 15 is 0 Å². The average molecular weight is 263 g/mol. The highest BCUT2D eigenvalue weighted by atomic mass is 35.5. The van der Waals surface area contributed by atoms with Gasteiger partial charge in [-0.25, -0.2) is 4.98 Å². The molecule has 0 aliphatic carbocycles. The number of anilines is 2. The van der Waals surface area contributed by atoms with Gasteiger partial charge in [0.1, 0.15) is 10.8 Å². The molecule has 0 fully saturated rings. The van der Waals surface area contributed by atoms with Crippen LogP contribution in [-0.4, -0.2) is 32.2 Å². The first-order chi connectivity index (χ1) is 7.50. The standard InChI is InChI=1S/C9H15ClN4OS/c1-6(16(2)15)3-4-12-8-7(10)5-13-9(11)14-8/h5-6H,3-4H2,1-2H3,(H3,11,12,13,14). The van der Waals surface area contributed by atoms with Crippen LogP contribution in [0.25, 0.3) is 0 Å². The van der Waals surface area contributed by atoms with E-state index in [0.717, 1.165) is 6.42 Å². The van der Waals surface area contributed by atoms with Crippen molar-refractivity contribution < 1.29 is 4.21 Å². The van der Waals surface area contributed by atoms with Crippen LogP contribution in [-0.2, 0) is 10.8 Å². The maximum atomic E-state index is 11.1. The summed E-state index contributed by atoms with van der Waals surface area (Å²) in [6.45, 7) is 2.59. The molecule has 3 N–H and O–H groups in total. The van der Waals surface area contributed by atoms with Crippen LogP contribution >= 0.6 is 11.6 Å². The van der Waals surface area contributed by atoms with Crippen molar-refractivity contribution in [1.82, 2.24) is 9.97 Å². The molecule has 7 heteroatoms. The van der Waals surface area contributed by atoms with E-state index in [1.165, 1.54) is 6.20 Å². The van der Waals surface area contributed by atoms with Crippen molar-refractivity contribution in [2.75, 3.05) is 23.9 Å². The Labute approximate surface area is 102 Å². The van der Waals surface area contributed by atoms with E-state index in [9.17, 15) is 4.21 Å². The highest BCUT2D eigenvalue weighted by molar-refractivity contribution is 7.84. The van der Waals surface area contributed by atoms with Gasteiger partial charge in [-0.1, -0.05) is 18.5 Å². The van der Waals surface area contributed by atoms with Gasteiger partial charge in [0.2, 0.25) is 5.95 Å². The van der Waals surface area contributed by atoms with Gasteiger partial charge in [-0.15, -0.1) is 0 Å². The molecule has 0 saturated heterocycles. The van der Waals surface area contributed by atoms with Gasteiger partial charge in [0.15, 0.2) is 0 Å². The quantitative estimate of drug-likeness (QED) is 0.836. The molecule has 2 unspecified atom stereocenters. The smallest absolute Gasteiger partial charge is 0.222 e. The van der Waals surface area contributed by atoms with Gasteiger partial charge in [-0.05, 0) is 6.42 Å². The summed E-state index contributed by atoms with van der Waals surface area (Å²) in [6, 6.07) is 0. The molecule has 0 spiro atoms. The topological polar surface area (TPSA) is 80.9 Å². The lowest BCUT2D eigenvalue weighted by Gasteiger charge is -2.10. The Morgan fingerprint density at radius 3 is 3.00 bits per heavy atom. The third-order valence-corrected chi connectivity index (χ3v) is 3.82. The van der Waals surface area contributed by atoms with Crippen LogP contribution in [0.15, 0.2) is 6.20 Å². The average Bonchev–Trinajstić information content (AvgIpc) is 2.22. The highest BCUT2D eigenvalue weighted by Crippen LogP contribution is 2.18. The predicted octanol–water partition coefficient (Wildman–Crippen LogP) is 1.28. The summed E-state index contributed by atoms with van der Waals surface area (Å²) in [6.07, 6.45) is 3.93. The normalized spacial score (nSPS) is 14.4. The second-order valence-corrected chi connectivity index (χ2v) is 5.66. The lowest BCUT2D eigenvalue weighted by atomic mass is 10.3. The van der Waals surface area contributed by atoms with E-state index in [4.69, 9.17) is 17.3 Å². The summed E-state index contributed by atoms with van der Waals surface area (Å²) >= 11 is 5.87. The fourth-order valence-electron chi connectivity index (χ4n) is 1.06. The van der Waals surface area contributed by atoms with Gasteiger partial charge in [0, 0.05) is 28.9 Å². The number of rotatable bonds is 5. The van der Waals surface area contributed by atoms with Crippen molar-refractivity contribution in [3.05, 3.63) is 11.2 Å². The van der Waals surface area contributed by atoms with Crippen LogP contribution in [0.3, 0.4) is 0 Å². The maximum absolute atomic E-state index is 11.1. The number of halogens is 1. The highest BCUT2D eigenvalue weighted by Gasteiger charge is 2.07. The number of nitrogens with two attached hydrogens (primary N) is 1. The first-order valence-corrected chi connectivity index (χ1v) is 6.84. The third kappa shape index (κ3) is 3.94. The number of nitrogen functional groups attached to an aromatic ring is 1. The Morgan fingerprint density at radius 2 is 2.38 bits per heavy atom. The Morgan fingerprint density at radius 1 is 1.69 bits per heavy atom. The molecular weight excluding hydrogens is 248 g/mol. The molecule has 0 bridgehead atoms. The molecule has 0 aliphatic rings. The summed E-state index contributed by atoms with van der Waals surface area (Å²) in [5.41, 5.74) is 5.44. The van der Waals surface area contributed by atoms with Gasteiger partial charge >= 0.3 is 0 Å². The fourth-order valence-corrected chi connectivity index (χ4v) is 1.67. The van der Waals surface area contributed by atoms with Gasteiger partial charge in [-0.3, -0.25) is 4.21 Å². The molecule has 90 valence electrons. The summed E-state index contributed by atoms with van der Waals surface area (Å²) < 4.78 is 11.1. The predicted molar refractivity (Wildman–Crippen MR) is 68.1 cm³/mol. The van der Waals surface area contributed by atoms with Crippen molar-refractivity contribution in [2.45, 2.75) is 18.6 Å². The molecular formula is C9H15ClN4OS. The molecule has 5 nitrogen and oxygen atoms in total. The van der Waals surface area contributed by atoms with E-state index in [2.05, 4.69) is 15.3 Å². The zero-order valence-electron chi connectivity index (χ0n) is 9.24. The lowest BCUT2D eigenvalue weighted by molar-refractivity contribution is 0.672. The Balaban J connectivity index is 2.48. The van der Waals surface area contributed by atoms with Crippen LogP contribution in [0.4, 0.5) is 11.8 Å². The Kier molecular flexibility index (Phi) is 4.95. The Bertz CT molecular complexity index is 388. The SMILES string of the molecule is CC(CCNc1nc(N)ncc1Cl)S(C)=O. The molecule has 0 radical (unpaired) electrons. The zero-order chi connectivity index (χ0) is 12.1. The summed E-state index contributed by atoms with van der Waals surface area (Å²) in [5, 5.41) is 3.62. The van der Waals surface area contributed by atoms with E-state index in [0.29, 0.717) is 17.4 Å². The van der Waals surface area contributed by atoms with Crippen LogP contribution in [0, 0.1) is 0 Å². The van der Waals surface area contributed by atoms with Crippen LogP contribution in [0.1, 0.15) is 13.3 Å². The minimum Gasteiger partial charge on any atom is -0.369 e. The number of aromatic nitrogens is 2. The molecule has 0 saturated carbocycles. The molecule has 0 amide bonds. The van der Waals surface area contributed by atoms with E-state index < -0.39 is 10.8 Å². The summed E-state index contributed by atoms with van der Waals surface area (Å²) in [5.74, 6) is 0.697. The maximum Gasteiger partial charge on any atom is 0.222 e. The van der Waals surface area contributed by atoms with Crippen molar-refractivity contribution in [3.8, 4) is 0 Å². The number of nitrogens with zero attached hydrogens (tertiary/aromatic N) is 2. The van der Waals surface area contributed by atoms with Gasteiger partial charge in [0.25, 0.3) is 0 Å². The molecule has 16 heavy (non-hydrogen) atoms. The van der Waals surface area contributed by atoms with E-state index in [-0.39, 0.29) is 11.2 Å². The minimum absolute atomic E-state index is 0.144. The minimum atomic E-state index is -0.808. The monoisotopic (exact) mass is 262 g/mol. The summed E-state index contributed by atoms with van der Waals surface area (Å²) in [4.78, 5) is 7.72. The fraction of sp³-hybridized carbons (Fsp3) is 0.556. The molecule has 0 aliphatic heterocycles. The van der Waals surface area contributed by atoms with Gasteiger partial charge in [-0.2, -0.15) is 4.98 Å². The largest absolute Gasteiger partial charge is 0.369 e. The van der Waals surface area contributed by atoms with Gasteiger partial charge < -0.3 is 11.1 Å². The third-order valence-electron chi connectivity index (χ3n) is 2.17. The molecule has 1 aromatic rings. The van der Waals surface area contributed by atoms with Crippen molar-refractivity contribution >= 4 is 34.2 Å². The number of hydrogen-bond donors (Lipinski definition) is 2. The molecule has 2 atom stereocenters. The van der Waals surface area contributed by atoms with Gasteiger partial charge in [0.05, 0.1) is 6.20 Å². The molecule has 1 rings (SSSR count). The lowest BCUT2D eigenvalue weighted by Crippen LogP contribution is -2.15. The zero-order valence-corrected chi connectivity index (χ0v) is 10.8. The molecule has 0 aromatic carbocycles. The van der Waals surface area contributed by atoms with Crippen molar-refractivity contribution in [3.63, 3.8) is 0 Å². The number of nitrogens with one attached hydrogen (secondary N) is 1. The first-order valence-electron chi connectivity index (χ1n) is 4.85. The second kappa shape index (κ2) is 6.00. The van der Waals surface area contributed by atoms with Crippen LogP contribution in [0.2, 0.25) is 5.02 Å². The molecule has 1 heterocycles. The second-order valence-electron chi connectivity index (χ2n) is 3.45. The summed E-state index contributed by atoms with van der Waals surface area (Å²) in [7, 11) is -0.808. The molecule has 1 aromatic heterocycles. The Hall–Kier alpha value is -0.880. The van der Waals surface area contributed by atoms with E-state index in [1.54, 1.807) is 6.26 Å². The number of hydrogen-bond acceptors (Lipinski definition) is 5. The van der Waals surface area contributed by atoms with Crippen molar-refractivity contribution in [1.29, 1.82) is 0 Å².